The Bertz CT molecular complexity index is 774. The largest absolute Gasteiger partial charge is 0.462 e. The number of carbonyl (C=O) groups is 2. The van der Waals surface area contributed by atoms with Crippen LogP contribution in [-0.4, -0.2) is 18.5 Å². The topological polar surface area (TPSA) is 52.6 Å². The summed E-state index contributed by atoms with van der Waals surface area (Å²) in [5.41, 5.74) is -0.398. The molecule has 2 aromatic carbocycles. The number of carbonyl (C=O) groups excluding carboxylic acids is 2. The smallest absolute Gasteiger partial charge is 0.339 e. The molecule has 0 spiro atoms. The second kappa shape index (κ2) is 7.63. The molecule has 0 heterocycles. The van der Waals surface area contributed by atoms with Gasteiger partial charge in [-0.1, -0.05) is 12.1 Å². The molecule has 0 N–H and O–H groups in total. The summed E-state index contributed by atoms with van der Waals surface area (Å²) >= 11 is 0. The standard InChI is InChI=1S/C17H13F3O4/c1-2-23-16(21)11-5-3-4-6-12(11)17(22)24-9-10-7-14(19)15(20)8-13(10)18/h3-8H,2,9H2,1H3. The molecule has 0 aliphatic carbocycles. The van der Waals surface area contributed by atoms with Gasteiger partial charge in [0.2, 0.25) is 0 Å². The average Bonchev–Trinajstić information content (AvgIpc) is 2.57. The van der Waals surface area contributed by atoms with Crippen molar-refractivity contribution in [3.05, 3.63) is 70.5 Å². The summed E-state index contributed by atoms with van der Waals surface area (Å²) in [6, 6.07) is 6.75. The Labute approximate surface area is 135 Å². The van der Waals surface area contributed by atoms with Gasteiger partial charge in [0.1, 0.15) is 12.4 Å². The molecule has 2 aromatic rings. The van der Waals surface area contributed by atoms with Gasteiger partial charge in [-0.3, -0.25) is 0 Å². The molecule has 0 aliphatic heterocycles. The molecular formula is C17H13F3O4. The van der Waals surface area contributed by atoms with Crippen LogP contribution in [0.25, 0.3) is 0 Å². The van der Waals surface area contributed by atoms with E-state index < -0.39 is 36.0 Å². The Hall–Kier alpha value is -2.83. The van der Waals surface area contributed by atoms with Crippen LogP contribution in [0.4, 0.5) is 13.2 Å². The van der Waals surface area contributed by atoms with Gasteiger partial charge in [0.25, 0.3) is 0 Å². The summed E-state index contributed by atoms with van der Waals surface area (Å²) in [5, 5.41) is 0. The Morgan fingerprint density at radius 1 is 0.875 bits per heavy atom. The summed E-state index contributed by atoms with van der Waals surface area (Å²) in [7, 11) is 0. The highest BCUT2D eigenvalue weighted by molar-refractivity contribution is 6.03. The van der Waals surface area contributed by atoms with Crippen LogP contribution in [-0.2, 0) is 16.1 Å². The third-order valence-corrected chi connectivity index (χ3v) is 3.09. The van der Waals surface area contributed by atoms with Gasteiger partial charge in [0.05, 0.1) is 17.7 Å². The lowest BCUT2D eigenvalue weighted by molar-refractivity contribution is 0.0441. The van der Waals surface area contributed by atoms with E-state index in [1.807, 2.05) is 0 Å². The fourth-order valence-electron chi connectivity index (χ4n) is 1.94. The summed E-state index contributed by atoms with van der Waals surface area (Å²) in [6.07, 6.45) is 0. The fourth-order valence-corrected chi connectivity index (χ4v) is 1.94. The third kappa shape index (κ3) is 3.92. The van der Waals surface area contributed by atoms with E-state index in [2.05, 4.69) is 0 Å². The number of benzene rings is 2. The fraction of sp³-hybridized carbons (Fsp3) is 0.176. The van der Waals surface area contributed by atoms with Crippen molar-refractivity contribution in [3.8, 4) is 0 Å². The molecule has 0 fully saturated rings. The van der Waals surface area contributed by atoms with E-state index >= 15 is 0 Å². The van der Waals surface area contributed by atoms with Crippen LogP contribution in [0.15, 0.2) is 36.4 Å². The van der Waals surface area contributed by atoms with E-state index in [0.717, 1.165) is 0 Å². The Morgan fingerprint density at radius 2 is 1.42 bits per heavy atom. The number of halogens is 3. The van der Waals surface area contributed by atoms with Gasteiger partial charge >= 0.3 is 11.9 Å². The van der Waals surface area contributed by atoms with Gasteiger partial charge in [0.15, 0.2) is 11.6 Å². The van der Waals surface area contributed by atoms with E-state index in [-0.39, 0.29) is 23.3 Å². The highest BCUT2D eigenvalue weighted by Crippen LogP contribution is 2.17. The van der Waals surface area contributed by atoms with Crippen LogP contribution < -0.4 is 0 Å². The van der Waals surface area contributed by atoms with Gasteiger partial charge in [-0.05, 0) is 25.1 Å². The van der Waals surface area contributed by atoms with Crippen LogP contribution in [0, 0.1) is 17.5 Å². The third-order valence-electron chi connectivity index (χ3n) is 3.09. The highest BCUT2D eigenvalue weighted by Gasteiger charge is 2.19. The molecule has 126 valence electrons. The molecule has 0 unspecified atom stereocenters. The number of hydrogen-bond donors (Lipinski definition) is 0. The van der Waals surface area contributed by atoms with Crippen molar-refractivity contribution in [3.63, 3.8) is 0 Å². The van der Waals surface area contributed by atoms with Crippen LogP contribution in [0.1, 0.15) is 33.2 Å². The van der Waals surface area contributed by atoms with Gasteiger partial charge in [-0.2, -0.15) is 0 Å². The van der Waals surface area contributed by atoms with Crippen molar-refractivity contribution in [2.75, 3.05) is 6.61 Å². The lowest BCUT2D eigenvalue weighted by Crippen LogP contribution is -2.14. The van der Waals surface area contributed by atoms with Crippen LogP contribution in [0.3, 0.4) is 0 Å². The maximum absolute atomic E-state index is 13.5. The maximum Gasteiger partial charge on any atom is 0.339 e. The minimum absolute atomic E-state index is 0.00453. The van der Waals surface area contributed by atoms with Gasteiger partial charge in [0, 0.05) is 11.6 Å². The summed E-state index contributed by atoms with van der Waals surface area (Å²) in [4.78, 5) is 23.9. The molecule has 0 saturated carbocycles. The lowest BCUT2D eigenvalue weighted by atomic mass is 10.1. The molecule has 0 amide bonds. The number of ether oxygens (including phenoxy) is 2. The van der Waals surface area contributed by atoms with E-state index in [1.54, 1.807) is 6.92 Å². The molecule has 24 heavy (non-hydrogen) atoms. The van der Waals surface area contributed by atoms with Gasteiger partial charge in [-0.15, -0.1) is 0 Å². The summed E-state index contributed by atoms with van der Waals surface area (Å²) in [5.74, 6) is -5.25. The molecule has 0 radical (unpaired) electrons. The first-order valence-electron chi connectivity index (χ1n) is 7.00. The average molecular weight is 338 g/mol. The molecule has 0 saturated heterocycles. The second-order valence-corrected chi connectivity index (χ2v) is 4.70. The molecule has 7 heteroatoms. The maximum atomic E-state index is 13.5. The van der Waals surface area contributed by atoms with Crippen LogP contribution in [0.5, 0.6) is 0 Å². The first-order chi connectivity index (χ1) is 11.4. The Kier molecular flexibility index (Phi) is 5.57. The molecule has 0 aliphatic rings. The summed E-state index contributed by atoms with van der Waals surface area (Å²) in [6.45, 7) is 1.13. The minimum Gasteiger partial charge on any atom is -0.462 e. The van der Waals surface area contributed by atoms with E-state index in [1.165, 1.54) is 24.3 Å². The molecule has 0 atom stereocenters. The van der Waals surface area contributed by atoms with Gasteiger partial charge in [-0.25, -0.2) is 22.8 Å². The number of rotatable bonds is 5. The molecule has 0 bridgehead atoms. The van der Waals surface area contributed by atoms with Crippen LogP contribution >= 0.6 is 0 Å². The minimum atomic E-state index is -1.34. The number of hydrogen-bond acceptors (Lipinski definition) is 4. The monoisotopic (exact) mass is 338 g/mol. The van der Waals surface area contributed by atoms with Crippen molar-refractivity contribution >= 4 is 11.9 Å². The van der Waals surface area contributed by atoms with Crippen molar-refractivity contribution in [1.82, 2.24) is 0 Å². The van der Waals surface area contributed by atoms with Crippen molar-refractivity contribution in [1.29, 1.82) is 0 Å². The first kappa shape index (κ1) is 17.5. The second-order valence-electron chi connectivity index (χ2n) is 4.70. The quantitative estimate of drug-likeness (QED) is 0.617. The number of esters is 2. The normalized spacial score (nSPS) is 10.3. The van der Waals surface area contributed by atoms with Crippen molar-refractivity contribution in [2.45, 2.75) is 13.5 Å². The molecular weight excluding hydrogens is 325 g/mol. The Balaban J connectivity index is 2.17. The lowest BCUT2D eigenvalue weighted by Gasteiger charge is -2.10. The zero-order chi connectivity index (χ0) is 17.7. The zero-order valence-electron chi connectivity index (χ0n) is 12.6. The Morgan fingerprint density at radius 3 is 2.00 bits per heavy atom. The van der Waals surface area contributed by atoms with E-state index in [4.69, 9.17) is 9.47 Å². The van der Waals surface area contributed by atoms with Gasteiger partial charge < -0.3 is 9.47 Å². The van der Waals surface area contributed by atoms with E-state index in [9.17, 15) is 22.8 Å². The van der Waals surface area contributed by atoms with E-state index in [0.29, 0.717) is 12.1 Å². The molecule has 4 nitrogen and oxygen atoms in total. The SMILES string of the molecule is CCOC(=O)c1ccccc1C(=O)OCc1cc(F)c(F)cc1F. The highest BCUT2D eigenvalue weighted by atomic mass is 19.2. The molecule has 2 rings (SSSR count). The molecule has 0 aromatic heterocycles. The first-order valence-corrected chi connectivity index (χ1v) is 7.00. The predicted molar refractivity (Wildman–Crippen MR) is 77.8 cm³/mol. The zero-order valence-corrected chi connectivity index (χ0v) is 12.6. The van der Waals surface area contributed by atoms with Crippen molar-refractivity contribution in [2.24, 2.45) is 0 Å². The van der Waals surface area contributed by atoms with Crippen LogP contribution in [0.2, 0.25) is 0 Å². The van der Waals surface area contributed by atoms with Crippen molar-refractivity contribution < 1.29 is 32.2 Å². The summed E-state index contributed by atoms with van der Waals surface area (Å²) < 4.78 is 49.2. The predicted octanol–water partition coefficient (Wildman–Crippen LogP) is 3.64.